The molecule has 5 aromatic rings. The summed E-state index contributed by atoms with van der Waals surface area (Å²) in [7, 11) is 0. The smallest absolute Gasteiger partial charge is 0.249 e. The molecule has 5 rings (SSSR count). The number of phenolic OH excluding ortho intramolecular Hbond substituents is 1. The third-order valence-corrected chi connectivity index (χ3v) is 7.01. The van der Waals surface area contributed by atoms with Crippen LogP contribution in [0.4, 0.5) is 5.82 Å². The molecule has 0 atom stereocenters. The molecular weight excluding hydrogens is 508 g/mol. The third kappa shape index (κ3) is 5.40. The highest BCUT2D eigenvalue weighted by Crippen LogP contribution is 2.30. The summed E-state index contributed by atoms with van der Waals surface area (Å²) in [4.78, 5) is 33.5. The first kappa shape index (κ1) is 24.3. The lowest BCUT2D eigenvalue weighted by atomic mass is 10.0. The van der Waals surface area contributed by atoms with Gasteiger partial charge in [0.2, 0.25) is 11.8 Å². The number of benzene rings is 2. The maximum absolute atomic E-state index is 12.6. The molecule has 0 fully saturated rings. The van der Waals surface area contributed by atoms with Crippen LogP contribution >= 0.6 is 22.9 Å². The van der Waals surface area contributed by atoms with Crippen molar-refractivity contribution in [1.29, 1.82) is 0 Å². The molecule has 37 heavy (non-hydrogen) atoms. The molecule has 0 bridgehead atoms. The van der Waals surface area contributed by atoms with Gasteiger partial charge in [-0.05, 0) is 58.5 Å². The van der Waals surface area contributed by atoms with E-state index >= 15 is 0 Å². The maximum Gasteiger partial charge on any atom is 0.249 e. The number of phenols is 1. The Morgan fingerprint density at radius 2 is 1.92 bits per heavy atom. The molecule has 2 aromatic carbocycles. The van der Waals surface area contributed by atoms with E-state index in [1.807, 2.05) is 35.7 Å². The number of halogens is 1. The van der Waals surface area contributed by atoms with Crippen LogP contribution in [-0.2, 0) is 16.0 Å². The Labute approximate surface area is 221 Å². The van der Waals surface area contributed by atoms with Crippen molar-refractivity contribution in [2.75, 3.05) is 5.32 Å². The van der Waals surface area contributed by atoms with Crippen molar-refractivity contribution in [3.05, 3.63) is 100 Å². The van der Waals surface area contributed by atoms with Gasteiger partial charge in [0.1, 0.15) is 17.2 Å². The van der Waals surface area contributed by atoms with E-state index < -0.39 is 5.91 Å². The second-order valence-corrected chi connectivity index (χ2v) is 9.68. The van der Waals surface area contributed by atoms with Gasteiger partial charge in [-0.2, -0.15) is 0 Å². The van der Waals surface area contributed by atoms with Crippen LogP contribution in [0.25, 0.3) is 33.1 Å². The molecule has 0 spiro atoms. The predicted octanol–water partition coefficient (Wildman–Crippen LogP) is 5.86. The minimum absolute atomic E-state index is 0.0875. The van der Waals surface area contributed by atoms with Crippen LogP contribution in [0, 0.1) is 0 Å². The number of aromatic amines is 1. The summed E-state index contributed by atoms with van der Waals surface area (Å²) in [5.74, 6) is -0.500. The fraction of sp³-hybridized carbons (Fsp3) is 0.0357. The topological polar surface area (TPSA) is 121 Å². The number of nitrogens with one attached hydrogen (secondary N) is 2. The number of H-pyrrole nitrogens is 1. The van der Waals surface area contributed by atoms with Gasteiger partial charge in [-0.25, -0.2) is 4.98 Å². The number of primary amides is 1. The van der Waals surface area contributed by atoms with E-state index in [-0.39, 0.29) is 28.7 Å². The van der Waals surface area contributed by atoms with Crippen LogP contribution in [0.3, 0.4) is 0 Å². The van der Waals surface area contributed by atoms with Gasteiger partial charge < -0.3 is 21.1 Å². The van der Waals surface area contributed by atoms with Crippen molar-refractivity contribution in [3.8, 4) is 16.2 Å². The first-order valence-corrected chi connectivity index (χ1v) is 12.5. The molecule has 3 aromatic heterocycles. The van der Waals surface area contributed by atoms with Gasteiger partial charge in [0.15, 0.2) is 0 Å². The lowest BCUT2D eigenvalue weighted by Gasteiger charge is -2.07. The van der Waals surface area contributed by atoms with Gasteiger partial charge in [-0.1, -0.05) is 48.0 Å². The second-order valence-electron chi connectivity index (χ2n) is 8.32. The molecule has 0 saturated carbocycles. The highest BCUT2D eigenvalue weighted by molar-refractivity contribution is 7.13. The van der Waals surface area contributed by atoms with Crippen molar-refractivity contribution >= 4 is 63.3 Å². The minimum atomic E-state index is -0.642. The molecule has 0 aliphatic rings. The van der Waals surface area contributed by atoms with E-state index in [0.717, 1.165) is 16.5 Å². The molecule has 0 radical (unpaired) electrons. The van der Waals surface area contributed by atoms with Gasteiger partial charge in [-0.3, -0.25) is 9.59 Å². The van der Waals surface area contributed by atoms with E-state index in [1.165, 1.54) is 17.0 Å². The van der Waals surface area contributed by atoms with Crippen LogP contribution in [0.15, 0.2) is 78.3 Å². The zero-order chi connectivity index (χ0) is 25.9. The number of fused-ring (bicyclic) bond motifs is 1. The van der Waals surface area contributed by atoms with Gasteiger partial charge in [0, 0.05) is 27.6 Å². The Bertz CT molecular complexity index is 1640. The van der Waals surface area contributed by atoms with Crippen molar-refractivity contribution in [1.82, 2.24) is 9.97 Å². The van der Waals surface area contributed by atoms with Crippen molar-refractivity contribution in [2.24, 2.45) is 5.73 Å². The molecule has 3 heterocycles. The zero-order valence-electron chi connectivity index (χ0n) is 19.4. The maximum atomic E-state index is 12.6. The van der Waals surface area contributed by atoms with Crippen molar-refractivity contribution in [3.63, 3.8) is 0 Å². The number of hydrogen-bond donors (Lipinski definition) is 4. The number of thiophene rings is 1. The van der Waals surface area contributed by atoms with E-state index in [0.29, 0.717) is 22.6 Å². The number of nitrogens with zero attached hydrogens (tertiary/aromatic N) is 1. The van der Waals surface area contributed by atoms with E-state index in [2.05, 4.69) is 21.4 Å². The van der Waals surface area contributed by atoms with Crippen LogP contribution in [0.2, 0.25) is 5.02 Å². The Kier molecular flexibility index (Phi) is 6.76. The third-order valence-electron chi connectivity index (χ3n) is 5.79. The van der Waals surface area contributed by atoms with Gasteiger partial charge in [0.05, 0.1) is 11.4 Å². The van der Waals surface area contributed by atoms with Crippen LogP contribution < -0.4 is 11.1 Å². The van der Waals surface area contributed by atoms with Gasteiger partial charge in [-0.15, -0.1) is 11.3 Å². The Balaban J connectivity index is 1.32. The standard InChI is InChI=1S/C28H21ClN4O3S/c29-22-14-18(7-9-23(22)34)21(27(30)36)13-19-15-31-28-20(19)8-10-25(33-28)32-26(35)12-16-3-5-17(6-4-16)24-2-1-11-37-24/h1-11,13-15,34H,12H2,(H2,30,36)(H2,31,32,33,35)/b21-13-. The number of pyridine rings is 1. The molecule has 9 heteroatoms. The Hall–Kier alpha value is -4.40. The summed E-state index contributed by atoms with van der Waals surface area (Å²) in [6.45, 7) is 0. The molecule has 2 amide bonds. The predicted molar refractivity (Wildman–Crippen MR) is 148 cm³/mol. The SMILES string of the molecule is NC(=O)/C(=C\c1c[nH]c2nc(NC(=O)Cc3ccc(-c4cccs4)cc3)ccc12)c1ccc(O)c(Cl)c1. The number of amides is 2. The van der Waals surface area contributed by atoms with Crippen LogP contribution in [-0.4, -0.2) is 26.9 Å². The van der Waals surface area contributed by atoms with Crippen LogP contribution in [0.5, 0.6) is 5.75 Å². The second kappa shape index (κ2) is 10.3. The number of hydrogen-bond acceptors (Lipinski definition) is 5. The lowest BCUT2D eigenvalue weighted by molar-refractivity contribution is -0.115. The number of aromatic nitrogens is 2. The Morgan fingerprint density at radius 1 is 1.11 bits per heavy atom. The minimum Gasteiger partial charge on any atom is -0.506 e. The summed E-state index contributed by atoms with van der Waals surface area (Å²) in [6.07, 6.45) is 3.55. The van der Waals surface area contributed by atoms with Crippen LogP contribution in [0.1, 0.15) is 16.7 Å². The molecule has 7 nitrogen and oxygen atoms in total. The van der Waals surface area contributed by atoms with E-state index in [1.54, 1.807) is 41.8 Å². The average molecular weight is 529 g/mol. The number of rotatable bonds is 7. The number of aromatic hydroxyl groups is 1. The normalized spacial score (nSPS) is 11.5. The van der Waals surface area contributed by atoms with Crippen molar-refractivity contribution < 1.29 is 14.7 Å². The van der Waals surface area contributed by atoms with E-state index in [4.69, 9.17) is 17.3 Å². The lowest BCUT2D eigenvalue weighted by Crippen LogP contribution is -2.15. The monoisotopic (exact) mass is 528 g/mol. The molecule has 184 valence electrons. The molecule has 5 N–H and O–H groups in total. The summed E-state index contributed by atoms with van der Waals surface area (Å²) < 4.78 is 0. The van der Waals surface area contributed by atoms with Gasteiger partial charge >= 0.3 is 0 Å². The molecular formula is C28H21ClN4O3S. The zero-order valence-corrected chi connectivity index (χ0v) is 20.9. The number of anilines is 1. The number of carbonyl (C=O) groups is 2. The largest absolute Gasteiger partial charge is 0.506 e. The quantitative estimate of drug-likeness (QED) is 0.198. The summed E-state index contributed by atoms with van der Waals surface area (Å²) in [6, 6.07) is 19.9. The first-order chi connectivity index (χ1) is 17.9. The molecule has 0 aliphatic heterocycles. The molecule has 0 unspecified atom stereocenters. The van der Waals surface area contributed by atoms with E-state index in [9.17, 15) is 14.7 Å². The van der Waals surface area contributed by atoms with Gasteiger partial charge in [0.25, 0.3) is 0 Å². The fourth-order valence-corrected chi connectivity index (χ4v) is 4.86. The number of carbonyl (C=O) groups excluding carboxylic acids is 2. The molecule has 0 aliphatic carbocycles. The summed E-state index contributed by atoms with van der Waals surface area (Å²) in [5, 5.41) is 15.4. The number of nitrogens with two attached hydrogens (primary N) is 1. The van der Waals surface area contributed by atoms with Crippen molar-refractivity contribution in [2.45, 2.75) is 6.42 Å². The summed E-state index contributed by atoms with van der Waals surface area (Å²) in [5.41, 5.74) is 9.56. The molecule has 0 saturated heterocycles. The highest BCUT2D eigenvalue weighted by Gasteiger charge is 2.14. The average Bonchev–Trinajstić information content (AvgIpc) is 3.55. The highest BCUT2D eigenvalue weighted by atomic mass is 35.5. The fourth-order valence-electron chi connectivity index (χ4n) is 3.94. The first-order valence-electron chi connectivity index (χ1n) is 11.3. The Morgan fingerprint density at radius 3 is 2.62 bits per heavy atom. The summed E-state index contributed by atoms with van der Waals surface area (Å²) >= 11 is 7.67.